The molecule has 1 aliphatic heterocycles. The van der Waals surface area contributed by atoms with E-state index < -0.39 is 46.8 Å². The third-order valence-corrected chi connectivity index (χ3v) is 5.06. The van der Waals surface area contributed by atoms with Gasteiger partial charge in [0.05, 0.1) is 28.9 Å². The zero-order valence-electron chi connectivity index (χ0n) is 17.4. The Morgan fingerprint density at radius 3 is 2.53 bits per heavy atom. The number of carbonyl (C=O) groups is 1. The lowest BCUT2D eigenvalue weighted by atomic mass is 9.88. The van der Waals surface area contributed by atoms with Crippen molar-refractivity contribution in [1.29, 1.82) is 0 Å². The predicted octanol–water partition coefficient (Wildman–Crippen LogP) is 3.34. The second kappa shape index (κ2) is 7.61. The normalized spacial score (nSPS) is 18.2. The number of aromatic nitrogens is 2. The molecule has 0 saturated heterocycles. The maximum absolute atomic E-state index is 14.9. The van der Waals surface area contributed by atoms with Gasteiger partial charge in [0.2, 0.25) is 0 Å². The van der Waals surface area contributed by atoms with E-state index in [0.29, 0.717) is 6.07 Å². The van der Waals surface area contributed by atoms with Gasteiger partial charge in [-0.05, 0) is 39.0 Å². The van der Waals surface area contributed by atoms with Gasteiger partial charge in [0.15, 0.2) is 0 Å². The highest BCUT2D eigenvalue weighted by Crippen LogP contribution is 2.47. The smallest absolute Gasteiger partial charge is 0.415 e. The molecule has 4 rings (SSSR count). The van der Waals surface area contributed by atoms with E-state index in [9.17, 15) is 22.8 Å². The summed E-state index contributed by atoms with van der Waals surface area (Å²) in [6.45, 7) is 4.88. The molecular formula is C21H20F3N5O3. The molecular weight excluding hydrogens is 427 g/mol. The van der Waals surface area contributed by atoms with Crippen LogP contribution in [0.2, 0.25) is 0 Å². The molecule has 0 radical (unpaired) electrons. The van der Waals surface area contributed by atoms with Crippen LogP contribution in [0, 0.1) is 17.5 Å². The molecule has 2 unspecified atom stereocenters. The zero-order chi connectivity index (χ0) is 23.4. The van der Waals surface area contributed by atoms with Crippen molar-refractivity contribution >= 4 is 22.6 Å². The Hall–Kier alpha value is -3.44. The molecule has 1 amide bonds. The van der Waals surface area contributed by atoms with Crippen LogP contribution in [0.4, 0.5) is 23.7 Å². The molecule has 0 fully saturated rings. The first kappa shape index (κ1) is 21.8. The van der Waals surface area contributed by atoms with Gasteiger partial charge in [0, 0.05) is 17.0 Å². The molecule has 168 valence electrons. The van der Waals surface area contributed by atoms with Gasteiger partial charge in [-0.25, -0.2) is 28.5 Å². The number of nitrogens with zero attached hydrogens (tertiary/aromatic N) is 2. The number of halogens is 3. The lowest BCUT2D eigenvalue weighted by Gasteiger charge is -2.41. The molecule has 0 saturated carbocycles. The molecule has 2 aromatic carbocycles. The first-order valence-corrected chi connectivity index (χ1v) is 9.67. The average Bonchev–Trinajstić information content (AvgIpc) is 2.68. The van der Waals surface area contributed by atoms with Crippen LogP contribution >= 0.6 is 0 Å². The molecule has 0 bridgehead atoms. The molecule has 1 aromatic heterocycles. The number of H-pyrrole nitrogens is 1. The summed E-state index contributed by atoms with van der Waals surface area (Å²) in [5, 5.41) is 6.38. The van der Waals surface area contributed by atoms with Gasteiger partial charge in [0.1, 0.15) is 23.1 Å². The minimum absolute atomic E-state index is 0.0527. The van der Waals surface area contributed by atoms with Gasteiger partial charge < -0.3 is 4.74 Å². The molecule has 8 nitrogen and oxygen atoms in total. The number of aromatic amines is 1. The summed E-state index contributed by atoms with van der Waals surface area (Å²) in [4.78, 5) is 26.6. The van der Waals surface area contributed by atoms with Crippen molar-refractivity contribution in [1.82, 2.24) is 15.6 Å². The molecule has 11 heteroatoms. The van der Waals surface area contributed by atoms with E-state index in [1.54, 1.807) is 20.8 Å². The fraction of sp³-hybridized carbons (Fsp3) is 0.286. The number of hydrazine groups is 1. The minimum atomic E-state index is -1.24. The lowest BCUT2D eigenvalue weighted by Crippen LogP contribution is -2.49. The van der Waals surface area contributed by atoms with Crippen LogP contribution in [0.25, 0.3) is 10.8 Å². The Kier molecular flexibility index (Phi) is 5.18. The van der Waals surface area contributed by atoms with Crippen LogP contribution in [0.15, 0.2) is 35.1 Å². The van der Waals surface area contributed by atoms with Crippen LogP contribution in [0.3, 0.4) is 0 Å². The fourth-order valence-electron chi connectivity index (χ4n) is 3.88. The van der Waals surface area contributed by atoms with E-state index >= 15 is 0 Å². The molecule has 32 heavy (non-hydrogen) atoms. The van der Waals surface area contributed by atoms with E-state index in [2.05, 4.69) is 15.6 Å². The quantitative estimate of drug-likeness (QED) is 0.410. The largest absolute Gasteiger partial charge is 0.443 e. The first-order chi connectivity index (χ1) is 15.0. The number of benzene rings is 2. The molecule has 2 heterocycles. The summed E-state index contributed by atoms with van der Waals surface area (Å²) in [5.41, 5.74) is 0.844. The predicted molar refractivity (Wildman–Crippen MR) is 110 cm³/mol. The van der Waals surface area contributed by atoms with E-state index in [-0.39, 0.29) is 27.7 Å². The molecule has 0 aliphatic carbocycles. The standard InChI is InChI=1S/C21H20F3N5O3/c1-21(2,3)32-20(31)29-14-8-10(23)6-12-15(14)16(27-28-19(12)30)17(26-25)18(29)11-5-4-9(22)7-13(11)24/h4-8,17-18,26H,25H2,1-3H3,(H,28,30). The van der Waals surface area contributed by atoms with Gasteiger partial charge >= 0.3 is 6.09 Å². The maximum atomic E-state index is 14.9. The molecule has 3 aromatic rings. The van der Waals surface area contributed by atoms with Gasteiger partial charge in [-0.15, -0.1) is 0 Å². The zero-order valence-corrected chi connectivity index (χ0v) is 17.4. The fourth-order valence-corrected chi connectivity index (χ4v) is 3.88. The highest BCUT2D eigenvalue weighted by atomic mass is 19.1. The number of amides is 1. The number of anilines is 1. The van der Waals surface area contributed by atoms with Crippen molar-refractivity contribution in [3.8, 4) is 0 Å². The third-order valence-electron chi connectivity index (χ3n) is 5.06. The number of nitrogens with one attached hydrogen (secondary N) is 2. The van der Waals surface area contributed by atoms with Crippen molar-refractivity contribution < 1.29 is 22.7 Å². The molecule has 0 spiro atoms. The number of carbonyl (C=O) groups excluding carboxylic acids is 1. The summed E-state index contributed by atoms with van der Waals surface area (Å²) in [6, 6.07) is 2.57. The summed E-state index contributed by atoms with van der Waals surface area (Å²) >= 11 is 0. The monoisotopic (exact) mass is 447 g/mol. The SMILES string of the molecule is CC(C)(C)OC(=O)N1c2cc(F)cc3c(=O)[nH]nc(c23)C(NN)C1c1ccc(F)cc1F. The van der Waals surface area contributed by atoms with Crippen LogP contribution in [-0.4, -0.2) is 21.9 Å². The Balaban J connectivity index is 2.07. The Labute approximate surface area is 180 Å². The first-order valence-electron chi connectivity index (χ1n) is 9.67. The third kappa shape index (κ3) is 3.59. The Morgan fingerprint density at radius 1 is 1.19 bits per heavy atom. The minimum Gasteiger partial charge on any atom is -0.443 e. The van der Waals surface area contributed by atoms with Crippen molar-refractivity contribution in [3.05, 3.63) is 69.4 Å². The van der Waals surface area contributed by atoms with E-state index in [4.69, 9.17) is 10.6 Å². The van der Waals surface area contributed by atoms with Crippen molar-refractivity contribution in [2.45, 2.75) is 38.5 Å². The molecule has 1 aliphatic rings. The number of hydrogen-bond donors (Lipinski definition) is 3. The van der Waals surface area contributed by atoms with E-state index in [0.717, 1.165) is 29.2 Å². The summed E-state index contributed by atoms with van der Waals surface area (Å²) in [7, 11) is 0. The van der Waals surface area contributed by atoms with Gasteiger partial charge in [-0.1, -0.05) is 6.07 Å². The highest BCUT2D eigenvalue weighted by Gasteiger charge is 2.44. The van der Waals surface area contributed by atoms with Gasteiger partial charge in [-0.2, -0.15) is 5.10 Å². The second-order valence-corrected chi connectivity index (χ2v) is 8.39. The van der Waals surface area contributed by atoms with E-state index in [1.165, 1.54) is 0 Å². The summed E-state index contributed by atoms with van der Waals surface area (Å²) in [6.07, 6.45) is -0.940. The number of rotatable bonds is 2. The van der Waals surface area contributed by atoms with Crippen LogP contribution in [-0.2, 0) is 4.74 Å². The van der Waals surface area contributed by atoms with Crippen LogP contribution < -0.4 is 21.7 Å². The maximum Gasteiger partial charge on any atom is 0.415 e. The van der Waals surface area contributed by atoms with E-state index in [1.807, 2.05) is 0 Å². The van der Waals surface area contributed by atoms with Crippen molar-refractivity contribution in [2.75, 3.05) is 4.90 Å². The summed E-state index contributed by atoms with van der Waals surface area (Å²) < 4.78 is 48.5. The average molecular weight is 447 g/mol. The molecule has 2 atom stereocenters. The number of ether oxygens (including phenoxy) is 1. The highest BCUT2D eigenvalue weighted by molar-refractivity contribution is 6.04. The van der Waals surface area contributed by atoms with Gasteiger partial charge in [0.25, 0.3) is 5.56 Å². The van der Waals surface area contributed by atoms with Crippen molar-refractivity contribution in [2.24, 2.45) is 5.84 Å². The van der Waals surface area contributed by atoms with Crippen LogP contribution in [0.1, 0.15) is 44.1 Å². The van der Waals surface area contributed by atoms with Gasteiger partial charge in [-0.3, -0.25) is 15.5 Å². The van der Waals surface area contributed by atoms with Crippen LogP contribution in [0.5, 0.6) is 0 Å². The summed E-state index contributed by atoms with van der Waals surface area (Å²) in [5.74, 6) is 3.19. The number of hydrogen-bond acceptors (Lipinski definition) is 6. The Bertz CT molecular complexity index is 1290. The Morgan fingerprint density at radius 2 is 1.91 bits per heavy atom. The topological polar surface area (TPSA) is 113 Å². The van der Waals surface area contributed by atoms with Crippen molar-refractivity contribution in [3.63, 3.8) is 0 Å². The number of nitrogens with two attached hydrogens (primary N) is 1. The molecule has 4 N–H and O–H groups in total. The lowest BCUT2D eigenvalue weighted by molar-refractivity contribution is 0.0554. The second-order valence-electron chi connectivity index (χ2n) is 8.39.